The fourth-order valence-electron chi connectivity index (χ4n) is 3.77. The lowest BCUT2D eigenvalue weighted by Gasteiger charge is -2.31. The molecule has 1 unspecified atom stereocenters. The lowest BCUT2D eigenvalue weighted by atomic mass is 9.88. The Kier molecular flexibility index (Phi) is 5.77. The Labute approximate surface area is 181 Å². The summed E-state index contributed by atoms with van der Waals surface area (Å²) in [6.07, 6.45) is -0.384. The average Bonchev–Trinajstić information content (AvgIpc) is 2.72. The van der Waals surface area contributed by atoms with Gasteiger partial charge in [0, 0.05) is 21.6 Å². The summed E-state index contributed by atoms with van der Waals surface area (Å²) in [4.78, 5) is 1.14. The number of fused-ring (bicyclic) bond motifs is 3. The van der Waals surface area contributed by atoms with E-state index in [9.17, 15) is 8.42 Å². The second kappa shape index (κ2) is 8.34. The fraction of sp³-hybridized carbons (Fsp3) is 0.217. The molecule has 3 aromatic carbocycles. The molecule has 0 spiro atoms. The van der Waals surface area contributed by atoms with Crippen molar-refractivity contribution >= 4 is 21.8 Å². The number of hydrogen-bond acceptors (Lipinski definition) is 5. The summed E-state index contributed by atoms with van der Waals surface area (Å²) in [7, 11) is -2.01. The van der Waals surface area contributed by atoms with Crippen LogP contribution in [0.1, 0.15) is 29.7 Å². The molecule has 3 aromatic rings. The summed E-state index contributed by atoms with van der Waals surface area (Å²) < 4.78 is 35.2. The van der Waals surface area contributed by atoms with Crippen LogP contribution < -0.4 is 14.6 Å². The Morgan fingerprint density at radius 2 is 1.90 bits per heavy atom. The fourth-order valence-corrected chi connectivity index (χ4v) is 5.26. The highest BCUT2D eigenvalue weighted by Crippen LogP contribution is 2.49. The predicted molar refractivity (Wildman–Crippen MR) is 121 cm³/mol. The molecule has 1 aliphatic heterocycles. The van der Waals surface area contributed by atoms with Crippen LogP contribution in [0.4, 0.5) is 0 Å². The van der Waals surface area contributed by atoms with Crippen LogP contribution in [0.15, 0.2) is 65.6 Å². The summed E-state index contributed by atoms with van der Waals surface area (Å²) >= 11 is 1.75. The molecule has 2 N–H and O–H groups in total. The molecule has 156 valence electrons. The molecule has 1 heterocycles. The van der Waals surface area contributed by atoms with Crippen molar-refractivity contribution in [1.82, 2.24) is 0 Å². The van der Waals surface area contributed by atoms with Crippen molar-refractivity contribution in [3.05, 3.63) is 77.4 Å². The van der Waals surface area contributed by atoms with Gasteiger partial charge >= 0.3 is 0 Å². The van der Waals surface area contributed by atoms with E-state index in [4.69, 9.17) is 14.6 Å². The van der Waals surface area contributed by atoms with Crippen LogP contribution in [0.5, 0.6) is 11.5 Å². The summed E-state index contributed by atoms with van der Waals surface area (Å²) in [5.74, 6) is 2.27. The summed E-state index contributed by atoms with van der Waals surface area (Å²) in [5.41, 5.74) is 4.57. The molecule has 0 fully saturated rings. The largest absolute Gasteiger partial charge is 0.497 e. The lowest BCUT2D eigenvalue weighted by molar-refractivity contribution is 0.242. The lowest BCUT2D eigenvalue weighted by Crippen LogP contribution is -2.18. The Balaban J connectivity index is 1.91. The number of sulfonamides is 1. The highest BCUT2D eigenvalue weighted by Gasteiger charge is 2.30. The van der Waals surface area contributed by atoms with Gasteiger partial charge in [0.2, 0.25) is 10.0 Å². The van der Waals surface area contributed by atoms with E-state index in [1.807, 2.05) is 54.6 Å². The smallest absolute Gasteiger partial charge is 0.213 e. The molecule has 7 heteroatoms. The van der Waals surface area contributed by atoms with Gasteiger partial charge in [-0.3, -0.25) is 0 Å². The van der Waals surface area contributed by atoms with Gasteiger partial charge < -0.3 is 9.47 Å². The Morgan fingerprint density at radius 1 is 1.10 bits per heavy atom. The van der Waals surface area contributed by atoms with Crippen LogP contribution in [-0.2, 0) is 15.8 Å². The van der Waals surface area contributed by atoms with Gasteiger partial charge in [0.05, 0.1) is 12.9 Å². The van der Waals surface area contributed by atoms with Gasteiger partial charge in [-0.1, -0.05) is 43.3 Å². The van der Waals surface area contributed by atoms with Crippen molar-refractivity contribution in [2.24, 2.45) is 5.14 Å². The first-order chi connectivity index (χ1) is 14.4. The number of rotatable bonds is 6. The number of nitrogens with two attached hydrogens (primary N) is 1. The molecule has 0 aliphatic carbocycles. The van der Waals surface area contributed by atoms with Gasteiger partial charge in [0.25, 0.3) is 0 Å². The second-order valence-electron chi connectivity index (χ2n) is 7.07. The van der Waals surface area contributed by atoms with Crippen molar-refractivity contribution in [2.45, 2.75) is 23.7 Å². The number of ether oxygens (including phenoxy) is 2. The molecular formula is C23H23NO4S2. The van der Waals surface area contributed by atoms with Gasteiger partial charge in [-0.25, -0.2) is 13.6 Å². The van der Waals surface area contributed by atoms with Crippen molar-refractivity contribution in [2.75, 3.05) is 12.9 Å². The zero-order chi connectivity index (χ0) is 21.3. The van der Waals surface area contributed by atoms with Crippen LogP contribution in [0.2, 0.25) is 0 Å². The number of benzene rings is 3. The third-order valence-electron chi connectivity index (χ3n) is 4.96. The van der Waals surface area contributed by atoms with E-state index < -0.39 is 10.0 Å². The predicted octanol–water partition coefficient (Wildman–Crippen LogP) is 4.74. The van der Waals surface area contributed by atoms with E-state index in [2.05, 4.69) is 13.0 Å². The average molecular weight is 442 g/mol. The van der Waals surface area contributed by atoms with E-state index in [0.29, 0.717) is 5.56 Å². The van der Waals surface area contributed by atoms with E-state index >= 15 is 0 Å². The van der Waals surface area contributed by atoms with E-state index in [-0.39, 0.29) is 11.9 Å². The monoisotopic (exact) mass is 441 g/mol. The molecule has 0 radical (unpaired) electrons. The second-order valence-corrected chi connectivity index (χ2v) is 9.99. The molecular weight excluding hydrogens is 418 g/mol. The van der Waals surface area contributed by atoms with Gasteiger partial charge in [0.1, 0.15) is 17.6 Å². The molecule has 4 rings (SSSR count). The minimum atomic E-state index is -3.64. The normalized spacial score (nSPS) is 15.1. The highest BCUT2D eigenvalue weighted by atomic mass is 32.2. The quantitative estimate of drug-likeness (QED) is 0.559. The molecule has 0 aromatic heterocycles. The Morgan fingerprint density at radius 3 is 2.63 bits per heavy atom. The standard InChI is InChI=1S/C23H23NO4S2/c1-3-29-21-9-5-8-20-22(21)18-11-10-15(14-30(24,25)26)12-19(18)23(28-20)16-6-4-7-17(13-16)27-2/h4-13,23H,3,14H2,1-2H3,(H2,24,25,26). The first-order valence-electron chi connectivity index (χ1n) is 9.59. The Hall–Kier alpha value is -2.48. The first kappa shape index (κ1) is 20.8. The summed E-state index contributed by atoms with van der Waals surface area (Å²) in [6, 6.07) is 19.5. The summed E-state index contributed by atoms with van der Waals surface area (Å²) in [5, 5.41) is 5.29. The maximum absolute atomic E-state index is 11.7. The van der Waals surface area contributed by atoms with Crippen LogP contribution in [0.3, 0.4) is 0 Å². The number of methoxy groups -OCH3 is 1. The number of thioether (sulfide) groups is 1. The topological polar surface area (TPSA) is 78.6 Å². The molecule has 30 heavy (non-hydrogen) atoms. The summed E-state index contributed by atoms with van der Waals surface area (Å²) in [6.45, 7) is 2.11. The molecule has 1 aliphatic rings. The van der Waals surface area contributed by atoms with Gasteiger partial charge in [0.15, 0.2) is 0 Å². The van der Waals surface area contributed by atoms with E-state index in [0.717, 1.165) is 44.4 Å². The number of primary sulfonamides is 1. The van der Waals surface area contributed by atoms with Gasteiger partial charge in [-0.15, -0.1) is 11.8 Å². The van der Waals surface area contributed by atoms with E-state index in [1.54, 1.807) is 18.9 Å². The zero-order valence-corrected chi connectivity index (χ0v) is 18.4. The maximum Gasteiger partial charge on any atom is 0.213 e. The molecule has 0 amide bonds. The van der Waals surface area contributed by atoms with Crippen molar-refractivity contribution < 1.29 is 17.9 Å². The van der Waals surface area contributed by atoms with Crippen LogP contribution in [0, 0.1) is 0 Å². The third kappa shape index (κ3) is 4.19. The molecule has 1 atom stereocenters. The van der Waals surface area contributed by atoms with Crippen molar-refractivity contribution in [3.8, 4) is 22.6 Å². The third-order valence-corrected chi connectivity index (χ3v) is 6.64. The maximum atomic E-state index is 11.7. The molecule has 0 saturated carbocycles. The number of hydrogen-bond donors (Lipinski definition) is 1. The van der Waals surface area contributed by atoms with E-state index in [1.165, 1.54) is 0 Å². The SMILES string of the molecule is CCSc1cccc2c1-c1ccc(CS(N)(=O)=O)cc1C(c1cccc(OC)c1)O2. The van der Waals surface area contributed by atoms with Gasteiger partial charge in [-0.2, -0.15) is 0 Å². The highest BCUT2D eigenvalue weighted by molar-refractivity contribution is 7.99. The molecule has 0 bridgehead atoms. The van der Waals surface area contributed by atoms with Crippen LogP contribution in [-0.4, -0.2) is 21.3 Å². The van der Waals surface area contributed by atoms with Crippen molar-refractivity contribution in [1.29, 1.82) is 0 Å². The Bertz CT molecular complexity index is 1190. The minimum absolute atomic E-state index is 0.219. The van der Waals surface area contributed by atoms with Crippen LogP contribution in [0.25, 0.3) is 11.1 Å². The minimum Gasteiger partial charge on any atom is -0.497 e. The van der Waals surface area contributed by atoms with Crippen molar-refractivity contribution in [3.63, 3.8) is 0 Å². The van der Waals surface area contributed by atoms with Crippen LogP contribution >= 0.6 is 11.8 Å². The zero-order valence-electron chi connectivity index (χ0n) is 16.8. The first-order valence-corrected chi connectivity index (χ1v) is 12.3. The molecule has 5 nitrogen and oxygen atoms in total. The molecule has 0 saturated heterocycles. The van der Waals surface area contributed by atoms with Gasteiger partial charge in [-0.05, 0) is 41.1 Å².